The van der Waals surface area contributed by atoms with Gasteiger partial charge in [0.1, 0.15) is 22.7 Å². The lowest BCUT2D eigenvalue weighted by Crippen LogP contribution is -2.65. The topological polar surface area (TPSA) is 63.2 Å². The van der Waals surface area contributed by atoms with Crippen LogP contribution in [0, 0.1) is 17.3 Å². The van der Waals surface area contributed by atoms with E-state index >= 15 is 0 Å². The van der Waals surface area contributed by atoms with Crippen LogP contribution in [0.2, 0.25) is 0 Å². The summed E-state index contributed by atoms with van der Waals surface area (Å²) in [5, 5.41) is -0.443. The van der Waals surface area contributed by atoms with Crippen molar-refractivity contribution in [1.29, 1.82) is 0 Å². The number of rotatable bonds is 6. The molecule has 2 unspecified atom stereocenters. The number of ether oxygens (including phenoxy) is 3. The van der Waals surface area contributed by atoms with Gasteiger partial charge in [-0.1, -0.05) is 19.9 Å². The maximum atomic E-state index is 13.0. The van der Waals surface area contributed by atoms with Crippen molar-refractivity contribution in [2.45, 2.75) is 83.4 Å². The Morgan fingerprint density at radius 2 is 1.91 bits per heavy atom. The third-order valence-corrected chi connectivity index (χ3v) is 8.27. The second-order valence-electron chi connectivity index (χ2n) is 11.4. The molecule has 1 aliphatic heterocycles. The molecule has 1 heterocycles. The number of hydrogen-bond acceptors (Lipinski definition) is 6. The van der Waals surface area contributed by atoms with Crippen molar-refractivity contribution in [3.63, 3.8) is 0 Å². The van der Waals surface area contributed by atoms with Crippen LogP contribution in [0.5, 0.6) is 11.5 Å². The Kier molecular flexibility index (Phi) is 6.25. The average molecular weight is 479 g/mol. The number of carbonyl (C=O) groups is 1. The van der Waals surface area contributed by atoms with Gasteiger partial charge in [0.2, 0.25) is 0 Å². The van der Waals surface area contributed by atoms with Crippen LogP contribution in [0.15, 0.2) is 12.1 Å². The minimum atomic E-state index is -0.649. The lowest BCUT2D eigenvalue weighted by molar-refractivity contribution is -0.199. The Labute approximate surface area is 202 Å². The van der Waals surface area contributed by atoms with E-state index in [2.05, 4.69) is 20.8 Å². The molecule has 3 aliphatic carbocycles. The summed E-state index contributed by atoms with van der Waals surface area (Å²) < 4.78 is 29.6. The zero-order valence-corrected chi connectivity index (χ0v) is 21.7. The van der Waals surface area contributed by atoms with Crippen LogP contribution in [-0.2, 0) is 20.5 Å². The lowest BCUT2D eigenvalue weighted by atomic mass is 9.43. The number of carbonyl (C=O) groups excluding carboxylic acids is 1. The minimum absolute atomic E-state index is 0.0654. The zero-order chi connectivity index (χ0) is 24.3. The first-order chi connectivity index (χ1) is 15.3. The number of benzene rings is 1. The van der Waals surface area contributed by atoms with Gasteiger partial charge in [-0.3, -0.25) is 0 Å². The van der Waals surface area contributed by atoms with E-state index in [9.17, 15) is 4.79 Å². The zero-order valence-electron chi connectivity index (χ0n) is 21.0. The lowest BCUT2D eigenvalue weighted by Gasteiger charge is -2.64. The number of alkyl halides is 1. The predicted octanol–water partition coefficient (Wildman–Crippen LogP) is 5.08. The summed E-state index contributed by atoms with van der Waals surface area (Å²) in [6.07, 6.45) is 2.68. The number of methoxy groups -OCH3 is 2. The van der Waals surface area contributed by atoms with Crippen LogP contribution in [0.4, 0.5) is 0 Å². The Morgan fingerprint density at radius 3 is 2.48 bits per heavy atom. The average Bonchev–Trinajstić information content (AvgIpc) is 3.09. The molecule has 0 amide bonds. The van der Waals surface area contributed by atoms with Crippen molar-refractivity contribution in [2.75, 3.05) is 14.2 Å². The summed E-state index contributed by atoms with van der Waals surface area (Å²) in [6, 6.07) is 3.61. The maximum Gasteiger partial charge on any atom is 0.477 e. The summed E-state index contributed by atoms with van der Waals surface area (Å²) in [4.78, 5) is 13.0. The number of esters is 1. The largest absolute Gasteiger partial charge is 0.496 e. The normalized spacial score (nSPS) is 30.8. The van der Waals surface area contributed by atoms with E-state index in [0.717, 1.165) is 12.0 Å². The molecule has 1 aromatic rings. The Morgan fingerprint density at radius 1 is 1.21 bits per heavy atom. The summed E-state index contributed by atoms with van der Waals surface area (Å²) in [5.74, 6) is 1.44. The first kappa shape index (κ1) is 24.7. The van der Waals surface area contributed by atoms with Crippen LogP contribution in [0.1, 0.15) is 70.3 Å². The highest BCUT2D eigenvalue weighted by atomic mass is 35.5. The molecule has 0 spiro atoms. The molecule has 33 heavy (non-hydrogen) atoms. The van der Waals surface area contributed by atoms with Crippen LogP contribution in [-0.4, -0.2) is 49.9 Å². The van der Waals surface area contributed by atoms with E-state index in [0.29, 0.717) is 29.8 Å². The van der Waals surface area contributed by atoms with E-state index in [1.54, 1.807) is 6.07 Å². The van der Waals surface area contributed by atoms with Gasteiger partial charge in [-0.15, -0.1) is 11.6 Å². The number of halogens is 1. The predicted molar refractivity (Wildman–Crippen MR) is 128 cm³/mol. The van der Waals surface area contributed by atoms with Gasteiger partial charge >= 0.3 is 13.1 Å². The molecule has 6 nitrogen and oxygen atoms in total. The molecule has 0 N–H and O–H groups in total. The fourth-order valence-corrected chi connectivity index (χ4v) is 6.33. The molecule has 1 aromatic carbocycles. The summed E-state index contributed by atoms with van der Waals surface area (Å²) in [6.45, 7) is 12.3. The number of hydrogen-bond donors (Lipinski definition) is 0. The molecule has 5 rings (SSSR count). The Bertz CT molecular complexity index is 928. The van der Waals surface area contributed by atoms with Gasteiger partial charge in [-0.05, 0) is 75.8 Å². The molecule has 8 heteroatoms. The molecule has 1 saturated heterocycles. The summed E-state index contributed by atoms with van der Waals surface area (Å²) in [7, 11) is 2.53. The first-order valence-electron chi connectivity index (χ1n) is 11.8. The van der Waals surface area contributed by atoms with Crippen LogP contribution in [0.3, 0.4) is 0 Å². The van der Waals surface area contributed by atoms with Crippen molar-refractivity contribution in [3.05, 3.63) is 23.3 Å². The monoisotopic (exact) mass is 478 g/mol. The van der Waals surface area contributed by atoms with E-state index in [1.807, 2.05) is 26.8 Å². The molecular weight excluding hydrogens is 443 g/mol. The van der Waals surface area contributed by atoms with Gasteiger partial charge in [-0.2, -0.15) is 0 Å². The second kappa shape index (κ2) is 8.35. The van der Waals surface area contributed by atoms with E-state index in [1.165, 1.54) is 20.6 Å². The third kappa shape index (κ3) is 4.15. The van der Waals surface area contributed by atoms with Gasteiger partial charge in [0, 0.05) is 0 Å². The fourth-order valence-electron chi connectivity index (χ4n) is 6.05. The molecular formula is C25H36BClO6. The highest BCUT2D eigenvalue weighted by molar-refractivity contribution is 6.60. The molecule has 182 valence electrons. The Hall–Kier alpha value is -1.44. The SMILES string of the molecule is COc1ccc(CC(Cl)B2OC3C[C@H]4C[C@@H](C4(C)C)[C@]3(C)O2)c(OC)c1C(=O)OC(C)(C)C. The van der Waals surface area contributed by atoms with Crippen molar-refractivity contribution < 1.29 is 28.3 Å². The van der Waals surface area contributed by atoms with Crippen molar-refractivity contribution >= 4 is 24.7 Å². The van der Waals surface area contributed by atoms with Crippen molar-refractivity contribution in [1.82, 2.24) is 0 Å². The molecule has 5 atom stereocenters. The molecule has 0 aromatic heterocycles. The van der Waals surface area contributed by atoms with Crippen molar-refractivity contribution in [3.8, 4) is 11.5 Å². The highest BCUT2D eigenvalue weighted by Crippen LogP contribution is 2.65. The van der Waals surface area contributed by atoms with Gasteiger partial charge in [0.25, 0.3) is 0 Å². The first-order valence-corrected chi connectivity index (χ1v) is 12.2. The third-order valence-electron chi connectivity index (χ3n) is 7.91. The molecule has 4 fully saturated rings. The highest BCUT2D eigenvalue weighted by Gasteiger charge is 2.68. The van der Waals surface area contributed by atoms with E-state index in [-0.39, 0.29) is 22.7 Å². The Balaban J connectivity index is 1.56. The van der Waals surface area contributed by atoms with Gasteiger partial charge < -0.3 is 23.5 Å². The maximum absolute atomic E-state index is 13.0. The molecule has 0 radical (unpaired) electrons. The van der Waals surface area contributed by atoms with Crippen LogP contribution >= 0.6 is 11.6 Å². The van der Waals surface area contributed by atoms with Gasteiger partial charge in [-0.25, -0.2) is 4.79 Å². The van der Waals surface area contributed by atoms with Crippen LogP contribution < -0.4 is 9.47 Å². The molecule has 4 aliphatic rings. The smallest absolute Gasteiger partial charge is 0.477 e. The molecule has 2 bridgehead atoms. The minimum Gasteiger partial charge on any atom is -0.496 e. The van der Waals surface area contributed by atoms with E-state index in [4.69, 9.17) is 35.1 Å². The standard InChI is InChI=1S/C25H36BClO6/c1-23(2,3)31-22(28)20-16(29-7)10-9-14(21(20)30-8)11-19(27)26-32-18-13-15-12-17(24(15,4)5)25(18,6)33-26/h9-10,15,17-19H,11-13H2,1-8H3/t15-,17+,18?,19?,25+/m1/s1. The van der Waals surface area contributed by atoms with Crippen molar-refractivity contribution in [2.24, 2.45) is 17.3 Å². The van der Waals surface area contributed by atoms with Gasteiger partial charge in [0.05, 0.1) is 31.2 Å². The van der Waals surface area contributed by atoms with Crippen LogP contribution in [0.25, 0.3) is 0 Å². The van der Waals surface area contributed by atoms with Gasteiger partial charge in [0.15, 0.2) is 0 Å². The second-order valence-corrected chi connectivity index (χ2v) is 12.0. The molecule has 3 saturated carbocycles. The summed E-state index contributed by atoms with van der Waals surface area (Å²) in [5.41, 5.74) is 0.335. The quantitative estimate of drug-likeness (QED) is 0.323. The summed E-state index contributed by atoms with van der Waals surface area (Å²) >= 11 is 6.87. The fraction of sp³-hybridized carbons (Fsp3) is 0.720. The van der Waals surface area contributed by atoms with E-state index < -0.39 is 24.0 Å².